The summed E-state index contributed by atoms with van der Waals surface area (Å²) in [6.07, 6.45) is 0.530. The van der Waals surface area contributed by atoms with Crippen LogP contribution in [0.1, 0.15) is 23.7 Å². The molecule has 0 atom stereocenters. The highest BCUT2D eigenvalue weighted by Crippen LogP contribution is 2.29. The van der Waals surface area contributed by atoms with Crippen molar-refractivity contribution in [3.05, 3.63) is 49.6 Å². The van der Waals surface area contributed by atoms with E-state index in [9.17, 15) is 10.1 Å². The number of benzene rings is 1. The minimum absolute atomic E-state index is 0.0626. The minimum Gasteiger partial charge on any atom is -0.360 e. The Hall–Kier alpha value is -1.89. The molecule has 6 nitrogen and oxygen atoms in total. The van der Waals surface area contributed by atoms with Crippen molar-refractivity contribution in [1.29, 1.82) is 0 Å². The van der Waals surface area contributed by atoms with Gasteiger partial charge in [0.25, 0.3) is 0 Å². The molecule has 21 heavy (non-hydrogen) atoms. The lowest BCUT2D eigenvalue weighted by atomic mass is 10.1. The fourth-order valence-corrected chi connectivity index (χ4v) is 2.61. The molecular formula is C14H17BrN4O2. The maximum atomic E-state index is 11.3. The molecule has 0 aliphatic rings. The van der Waals surface area contributed by atoms with Crippen LogP contribution in [0.4, 0.5) is 11.5 Å². The van der Waals surface area contributed by atoms with Crippen molar-refractivity contribution in [2.75, 3.05) is 5.32 Å². The lowest BCUT2D eigenvalue weighted by Crippen LogP contribution is -2.07. The van der Waals surface area contributed by atoms with Gasteiger partial charge in [-0.2, -0.15) is 5.10 Å². The number of aryl methyl sites for hydroxylation is 3. The summed E-state index contributed by atoms with van der Waals surface area (Å²) < 4.78 is 2.52. The zero-order valence-corrected chi connectivity index (χ0v) is 13.8. The molecule has 1 aromatic carbocycles. The number of nitrogens with one attached hydrogen (secondary N) is 1. The van der Waals surface area contributed by atoms with Crippen molar-refractivity contribution in [3.8, 4) is 0 Å². The van der Waals surface area contributed by atoms with Gasteiger partial charge in [0, 0.05) is 18.1 Å². The van der Waals surface area contributed by atoms with Crippen LogP contribution in [0.25, 0.3) is 0 Å². The molecule has 112 valence electrons. The van der Waals surface area contributed by atoms with Gasteiger partial charge in [0.2, 0.25) is 5.82 Å². The number of halogens is 1. The van der Waals surface area contributed by atoms with Crippen molar-refractivity contribution in [2.45, 2.75) is 26.8 Å². The Morgan fingerprint density at radius 1 is 1.48 bits per heavy atom. The van der Waals surface area contributed by atoms with E-state index in [1.54, 1.807) is 7.05 Å². The van der Waals surface area contributed by atoms with E-state index in [4.69, 9.17) is 0 Å². The summed E-state index contributed by atoms with van der Waals surface area (Å²) in [6.45, 7) is 4.38. The number of hydrogen-bond acceptors (Lipinski definition) is 4. The first-order valence-corrected chi connectivity index (χ1v) is 7.42. The van der Waals surface area contributed by atoms with E-state index in [-0.39, 0.29) is 10.6 Å². The van der Waals surface area contributed by atoms with Crippen molar-refractivity contribution in [2.24, 2.45) is 7.05 Å². The van der Waals surface area contributed by atoms with Crippen LogP contribution < -0.4 is 5.32 Å². The van der Waals surface area contributed by atoms with Crippen LogP contribution in [-0.4, -0.2) is 14.7 Å². The Labute approximate surface area is 131 Å². The van der Waals surface area contributed by atoms with E-state index in [0.717, 1.165) is 15.6 Å². The molecule has 0 radical (unpaired) electrons. The van der Waals surface area contributed by atoms with Crippen LogP contribution in [0.5, 0.6) is 0 Å². The van der Waals surface area contributed by atoms with Gasteiger partial charge in [0.15, 0.2) is 0 Å². The number of anilines is 1. The number of hydrogen-bond donors (Lipinski definition) is 1. The van der Waals surface area contributed by atoms with Crippen LogP contribution in [0.3, 0.4) is 0 Å². The molecule has 0 spiro atoms. The summed E-state index contributed by atoms with van der Waals surface area (Å²) in [7, 11) is 1.71. The average Bonchev–Trinajstić information content (AvgIpc) is 2.76. The van der Waals surface area contributed by atoms with Gasteiger partial charge >= 0.3 is 5.69 Å². The minimum atomic E-state index is -0.373. The van der Waals surface area contributed by atoms with E-state index in [1.807, 2.05) is 32.0 Å². The van der Waals surface area contributed by atoms with E-state index < -0.39 is 0 Å². The molecule has 1 aromatic heterocycles. The van der Waals surface area contributed by atoms with Gasteiger partial charge in [0.05, 0.1) is 4.92 Å². The van der Waals surface area contributed by atoms with Gasteiger partial charge in [-0.1, -0.05) is 28.9 Å². The van der Waals surface area contributed by atoms with E-state index in [2.05, 4.69) is 26.3 Å². The lowest BCUT2D eigenvalue weighted by molar-refractivity contribution is -0.384. The second-order valence-corrected chi connectivity index (χ2v) is 5.72. The van der Waals surface area contributed by atoms with Crippen LogP contribution in [0.15, 0.2) is 22.7 Å². The van der Waals surface area contributed by atoms with E-state index in [1.165, 1.54) is 4.68 Å². The molecule has 1 N–H and O–H groups in total. The van der Waals surface area contributed by atoms with E-state index >= 15 is 0 Å². The number of aromatic nitrogens is 2. The summed E-state index contributed by atoms with van der Waals surface area (Å²) in [4.78, 5) is 10.9. The van der Waals surface area contributed by atoms with Gasteiger partial charge in [-0.25, -0.2) is 4.68 Å². The predicted molar refractivity (Wildman–Crippen MR) is 85.4 cm³/mol. The molecular weight excluding hydrogens is 336 g/mol. The molecule has 0 aliphatic heterocycles. The SMILES string of the molecule is CCc1nn(C)c(NCc2cc(Br)ccc2C)c1[N+](=O)[O-]. The third kappa shape index (κ3) is 3.24. The summed E-state index contributed by atoms with van der Waals surface area (Å²) >= 11 is 3.44. The summed E-state index contributed by atoms with van der Waals surface area (Å²) in [5, 5.41) is 18.6. The monoisotopic (exact) mass is 352 g/mol. The predicted octanol–water partition coefficient (Wildman–Crippen LogP) is 3.57. The molecule has 0 saturated heterocycles. The lowest BCUT2D eigenvalue weighted by Gasteiger charge is -2.09. The van der Waals surface area contributed by atoms with Crippen molar-refractivity contribution < 1.29 is 4.92 Å². The zero-order valence-electron chi connectivity index (χ0n) is 12.2. The number of nitrogens with zero attached hydrogens (tertiary/aromatic N) is 3. The van der Waals surface area contributed by atoms with Crippen LogP contribution in [-0.2, 0) is 20.0 Å². The molecule has 0 bridgehead atoms. The molecule has 0 amide bonds. The van der Waals surface area contributed by atoms with E-state index in [0.29, 0.717) is 24.5 Å². The second kappa shape index (κ2) is 6.26. The van der Waals surface area contributed by atoms with Gasteiger partial charge in [-0.05, 0) is 36.6 Å². The quantitative estimate of drug-likeness (QED) is 0.659. The van der Waals surface area contributed by atoms with Crippen molar-refractivity contribution in [3.63, 3.8) is 0 Å². The second-order valence-electron chi connectivity index (χ2n) is 4.80. The van der Waals surface area contributed by atoms with Crippen LogP contribution in [0, 0.1) is 17.0 Å². The maximum absolute atomic E-state index is 11.3. The first-order chi connectivity index (χ1) is 9.93. The smallest absolute Gasteiger partial charge is 0.333 e. The largest absolute Gasteiger partial charge is 0.360 e. The molecule has 2 aromatic rings. The Bertz CT molecular complexity index is 682. The Kier molecular flexibility index (Phi) is 4.62. The highest BCUT2D eigenvalue weighted by Gasteiger charge is 2.25. The topological polar surface area (TPSA) is 73.0 Å². The van der Waals surface area contributed by atoms with Gasteiger partial charge in [0.1, 0.15) is 5.69 Å². The summed E-state index contributed by atoms with van der Waals surface area (Å²) in [5.74, 6) is 0.441. The summed E-state index contributed by atoms with van der Waals surface area (Å²) in [5.41, 5.74) is 2.77. The highest BCUT2D eigenvalue weighted by molar-refractivity contribution is 9.10. The fourth-order valence-electron chi connectivity index (χ4n) is 2.21. The number of nitro groups is 1. The standard InChI is InChI=1S/C14H17BrN4O2/c1-4-12-13(19(20)21)14(18(3)17-12)16-8-10-7-11(15)6-5-9(10)2/h5-7,16H,4,8H2,1-3H3. The first kappa shape index (κ1) is 15.5. The maximum Gasteiger partial charge on any atom is 0.333 e. The van der Waals surface area contributed by atoms with Gasteiger partial charge < -0.3 is 5.32 Å². The molecule has 7 heteroatoms. The first-order valence-electron chi connectivity index (χ1n) is 6.63. The fraction of sp³-hybridized carbons (Fsp3) is 0.357. The average molecular weight is 353 g/mol. The highest BCUT2D eigenvalue weighted by atomic mass is 79.9. The summed E-state index contributed by atoms with van der Waals surface area (Å²) in [6, 6.07) is 5.99. The third-order valence-electron chi connectivity index (χ3n) is 3.37. The Balaban J connectivity index is 2.30. The Morgan fingerprint density at radius 3 is 2.81 bits per heavy atom. The molecule has 0 unspecified atom stereocenters. The Morgan fingerprint density at radius 2 is 2.19 bits per heavy atom. The molecule has 2 rings (SSSR count). The zero-order chi connectivity index (χ0) is 15.6. The van der Waals surface area contributed by atoms with Gasteiger partial charge in [-0.3, -0.25) is 10.1 Å². The molecule has 0 aliphatic carbocycles. The molecule has 0 fully saturated rings. The van der Waals surface area contributed by atoms with Gasteiger partial charge in [-0.15, -0.1) is 0 Å². The third-order valence-corrected chi connectivity index (χ3v) is 3.86. The normalized spacial score (nSPS) is 10.7. The molecule has 1 heterocycles. The van der Waals surface area contributed by atoms with Crippen molar-refractivity contribution in [1.82, 2.24) is 9.78 Å². The number of rotatable bonds is 5. The van der Waals surface area contributed by atoms with Crippen molar-refractivity contribution >= 4 is 27.4 Å². The van der Waals surface area contributed by atoms with Crippen LogP contribution in [0.2, 0.25) is 0 Å². The molecule has 0 saturated carbocycles. The van der Waals surface area contributed by atoms with Crippen LogP contribution >= 0.6 is 15.9 Å².